The lowest BCUT2D eigenvalue weighted by molar-refractivity contribution is 0.102. The minimum atomic E-state index is -0.691. The summed E-state index contributed by atoms with van der Waals surface area (Å²) in [6.45, 7) is 1.50. The topological polar surface area (TPSA) is 132 Å². The van der Waals surface area contributed by atoms with Crippen molar-refractivity contribution < 1.29 is 13.9 Å². The van der Waals surface area contributed by atoms with Crippen LogP contribution in [0.25, 0.3) is 11.4 Å². The van der Waals surface area contributed by atoms with Crippen molar-refractivity contribution in [2.75, 3.05) is 36.1 Å². The lowest BCUT2D eigenvalue weighted by Crippen LogP contribution is -2.43. The Balaban J connectivity index is 1.65. The molecule has 0 aromatic carbocycles. The lowest BCUT2D eigenvalue weighted by Gasteiger charge is -2.33. The van der Waals surface area contributed by atoms with Crippen molar-refractivity contribution in [3.8, 4) is 17.3 Å². The molecule has 5 N–H and O–H groups in total. The summed E-state index contributed by atoms with van der Waals surface area (Å²) in [5.41, 5.74) is 13.3. The molecular formula is C22H24FN7O2. The van der Waals surface area contributed by atoms with Gasteiger partial charge in [-0.25, -0.2) is 14.4 Å². The molecule has 1 saturated heterocycles. The summed E-state index contributed by atoms with van der Waals surface area (Å²) in [6, 6.07) is 7.80. The summed E-state index contributed by atoms with van der Waals surface area (Å²) in [4.78, 5) is 27.7. The molecule has 3 aromatic heterocycles. The Hall–Kier alpha value is -3.79. The number of carbonyl (C=O) groups is 1. The quantitative estimate of drug-likeness (QED) is 0.554. The number of hydrogen-bond acceptors (Lipinski definition) is 8. The molecule has 1 fully saturated rings. The summed E-state index contributed by atoms with van der Waals surface area (Å²) in [5, 5.41) is 2.81. The van der Waals surface area contributed by atoms with Crippen LogP contribution in [0.5, 0.6) is 5.88 Å². The summed E-state index contributed by atoms with van der Waals surface area (Å²) in [5.74, 6) is -0.974. The monoisotopic (exact) mass is 437 g/mol. The summed E-state index contributed by atoms with van der Waals surface area (Å²) in [6.07, 6.45) is 5.13. The van der Waals surface area contributed by atoms with E-state index < -0.39 is 11.7 Å². The molecule has 0 radical (unpaired) electrons. The molecular weight excluding hydrogens is 413 g/mol. The second-order valence-electron chi connectivity index (χ2n) is 7.52. The molecule has 3 aromatic rings. The number of aromatic nitrogens is 3. The van der Waals surface area contributed by atoms with Gasteiger partial charge in [-0.2, -0.15) is 0 Å². The number of nitrogen functional groups attached to an aromatic ring is 1. The van der Waals surface area contributed by atoms with Gasteiger partial charge >= 0.3 is 0 Å². The van der Waals surface area contributed by atoms with Gasteiger partial charge in [0.25, 0.3) is 5.91 Å². The Labute approximate surface area is 184 Å². The van der Waals surface area contributed by atoms with E-state index in [4.69, 9.17) is 16.2 Å². The number of halogens is 1. The molecule has 0 unspecified atom stereocenters. The minimum absolute atomic E-state index is 0.0628. The first kappa shape index (κ1) is 21.4. The van der Waals surface area contributed by atoms with E-state index in [2.05, 4.69) is 25.2 Å². The molecule has 1 amide bonds. The number of nitrogens with zero attached hydrogens (tertiary/aromatic N) is 4. The Morgan fingerprint density at radius 1 is 1.31 bits per heavy atom. The average molecular weight is 437 g/mol. The number of piperidine rings is 1. The van der Waals surface area contributed by atoms with Gasteiger partial charge in [0.05, 0.1) is 36.1 Å². The van der Waals surface area contributed by atoms with Crippen LogP contribution < -0.4 is 26.4 Å². The number of pyridine rings is 3. The molecule has 10 heteroatoms. The predicted molar refractivity (Wildman–Crippen MR) is 120 cm³/mol. The fourth-order valence-electron chi connectivity index (χ4n) is 3.69. The van der Waals surface area contributed by atoms with E-state index in [-0.39, 0.29) is 28.8 Å². The largest absolute Gasteiger partial charge is 0.481 e. The first-order valence-electron chi connectivity index (χ1n) is 10.2. The number of nitrogens with one attached hydrogen (secondary N) is 1. The van der Waals surface area contributed by atoms with E-state index in [1.165, 1.54) is 7.11 Å². The molecule has 166 valence electrons. The van der Waals surface area contributed by atoms with Crippen LogP contribution in [0.3, 0.4) is 0 Å². The van der Waals surface area contributed by atoms with E-state index in [9.17, 15) is 9.18 Å². The van der Waals surface area contributed by atoms with Gasteiger partial charge in [0.15, 0.2) is 11.5 Å². The van der Waals surface area contributed by atoms with Crippen LogP contribution in [0.2, 0.25) is 0 Å². The van der Waals surface area contributed by atoms with Crippen LogP contribution in [0.1, 0.15) is 23.3 Å². The van der Waals surface area contributed by atoms with Crippen LogP contribution in [0, 0.1) is 5.82 Å². The van der Waals surface area contributed by atoms with Gasteiger partial charge in [-0.1, -0.05) is 6.07 Å². The van der Waals surface area contributed by atoms with Gasteiger partial charge in [-0.15, -0.1) is 0 Å². The van der Waals surface area contributed by atoms with Crippen molar-refractivity contribution in [3.05, 3.63) is 54.2 Å². The van der Waals surface area contributed by atoms with Gasteiger partial charge < -0.3 is 26.4 Å². The van der Waals surface area contributed by atoms with Crippen molar-refractivity contribution in [3.63, 3.8) is 0 Å². The molecule has 32 heavy (non-hydrogen) atoms. The molecule has 0 saturated carbocycles. The zero-order valence-electron chi connectivity index (χ0n) is 17.6. The van der Waals surface area contributed by atoms with Crippen LogP contribution in [0.4, 0.5) is 21.5 Å². The lowest BCUT2D eigenvalue weighted by atomic mass is 10.1. The highest BCUT2D eigenvalue weighted by atomic mass is 19.1. The fourth-order valence-corrected chi connectivity index (χ4v) is 3.69. The molecule has 9 nitrogen and oxygen atoms in total. The zero-order chi connectivity index (χ0) is 22.7. The maximum absolute atomic E-state index is 14.6. The molecule has 1 aliphatic heterocycles. The highest BCUT2D eigenvalue weighted by Gasteiger charge is 2.23. The molecule has 0 spiro atoms. The third-order valence-electron chi connectivity index (χ3n) is 5.24. The highest BCUT2D eigenvalue weighted by Crippen LogP contribution is 2.29. The van der Waals surface area contributed by atoms with Crippen LogP contribution >= 0.6 is 0 Å². The van der Waals surface area contributed by atoms with Gasteiger partial charge in [0.1, 0.15) is 5.69 Å². The van der Waals surface area contributed by atoms with Crippen molar-refractivity contribution in [2.24, 2.45) is 5.73 Å². The van der Waals surface area contributed by atoms with Crippen molar-refractivity contribution >= 4 is 23.0 Å². The second kappa shape index (κ2) is 9.15. The summed E-state index contributed by atoms with van der Waals surface area (Å²) >= 11 is 0. The number of ether oxygens (including phenoxy) is 1. The van der Waals surface area contributed by atoms with E-state index in [0.29, 0.717) is 18.1 Å². The maximum Gasteiger partial charge on any atom is 0.276 e. The third kappa shape index (κ3) is 4.45. The van der Waals surface area contributed by atoms with Crippen LogP contribution in [-0.2, 0) is 0 Å². The van der Waals surface area contributed by atoms with E-state index in [0.717, 1.165) is 31.1 Å². The first-order chi connectivity index (χ1) is 15.5. The van der Waals surface area contributed by atoms with Gasteiger partial charge in [0.2, 0.25) is 5.88 Å². The number of amides is 1. The smallest absolute Gasteiger partial charge is 0.276 e. The van der Waals surface area contributed by atoms with Crippen LogP contribution in [0.15, 0.2) is 42.7 Å². The number of methoxy groups -OCH3 is 1. The van der Waals surface area contributed by atoms with E-state index in [1.54, 1.807) is 30.6 Å². The fraction of sp³-hybridized carbons (Fsp3) is 0.273. The summed E-state index contributed by atoms with van der Waals surface area (Å²) < 4.78 is 19.7. The maximum atomic E-state index is 14.6. The predicted octanol–water partition coefficient (Wildman–Crippen LogP) is 2.45. The first-order valence-corrected chi connectivity index (χ1v) is 10.2. The van der Waals surface area contributed by atoms with E-state index >= 15 is 0 Å². The molecule has 4 rings (SSSR count). The standard InChI is InChI=1S/C22H24FN7O2/c1-32-19-6-2-5-16(27-19)20-14(23)10-15(25)21(29-20)22(31)28-17-11-26-8-7-18(17)30-9-3-4-13(24)12-30/h2,5-8,10-11,13H,3-4,9,12,24-25H2,1H3,(H,28,31)/t13-/m0/s1. The molecule has 1 aliphatic rings. The minimum Gasteiger partial charge on any atom is -0.481 e. The van der Waals surface area contributed by atoms with E-state index in [1.807, 2.05) is 6.07 Å². The average Bonchev–Trinajstić information content (AvgIpc) is 2.79. The van der Waals surface area contributed by atoms with Crippen molar-refractivity contribution in [2.45, 2.75) is 18.9 Å². The Bertz CT molecular complexity index is 1140. The molecule has 0 bridgehead atoms. The Morgan fingerprint density at radius 3 is 2.94 bits per heavy atom. The molecule has 1 atom stereocenters. The van der Waals surface area contributed by atoms with Crippen molar-refractivity contribution in [1.29, 1.82) is 0 Å². The Kier molecular flexibility index (Phi) is 6.13. The van der Waals surface area contributed by atoms with Crippen LogP contribution in [-0.4, -0.2) is 47.1 Å². The van der Waals surface area contributed by atoms with Gasteiger partial charge in [-0.05, 0) is 25.0 Å². The summed E-state index contributed by atoms with van der Waals surface area (Å²) in [7, 11) is 1.46. The number of nitrogens with two attached hydrogens (primary N) is 2. The SMILES string of the molecule is COc1cccc(-c2nc(C(=O)Nc3cnccc3N3CCC[C@H](N)C3)c(N)cc2F)n1. The second-order valence-corrected chi connectivity index (χ2v) is 7.52. The molecule has 0 aliphatic carbocycles. The van der Waals surface area contributed by atoms with Gasteiger partial charge in [-0.3, -0.25) is 9.78 Å². The third-order valence-corrected chi connectivity index (χ3v) is 5.24. The highest BCUT2D eigenvalue weighted by molar-refractivity contribution is 6.07. The van der Waals surface area contributed by atoms with Gasteiger partial charge in [0, 0.05) is 37.5 Å². The normalized spacial score (nSPS) is 16.0. The Morgan fingerprint density at radius 2 is 2.16 bits per heavy atom. The van der Waals surface area contributed by atoms with Crippen molar-refractivity contribution in [1.82, 2.24) is 15.0 Å². The number of rotatable bonds is 5. The number of carbonyl (C=O) groups excluding carboxylic acids is 1. The number of hydrogen-bond donors (Lipinski definition) is 3. The zero-order valence-corrected chi connectivity index (χ0v) is 17.6. The number of anilines is 3. The molecule has 4 heterocycles.